The lowest BCUT2D eigenvalue weighted by Crippen LogP contribution is -1.98. The highest BCUT2D eigenvalue weighted by Gasteiger charge is 2.01. The molecule has 0 fully saturated rings. The number of anilines is 1. The molecule has 0 aliphatic rings. The van der Waals surface area contributed by atoms with Crippen LogP contribution in [-0.4, -0.2) is 4.98 Å². The van der Waals surface area contributed by atoms with Crippen LogP contribution in [0.4, 0.5) is 5.82 Å². The predicted octanol–water partition coefficient (Wildman–Crippen LogP) is 1.70. The van der Waals surface area contributed by atoms with Crippen molar-refractivity contribution in [1.82, 2.24) is 4.98 Å². The Hall–Kier alpha value is -1.32. The van der Waals surface area contributed by atoms with Crippen LogP contribution in [0, 0.1) is 0 Å². The third-order valence-electron chi connectivity index (χ3n) is 2.15. The van der Waals surface area contributed by atoms with Gasteiger partial charge in [-0.1, -0.05) is 18.2 Å². The van der Waals surface area contributed by atoms with Gasteiger partial charge in [0.2, 0.25) is 0 Å². The maximum atomic E-state index is 5.73. The van der Waals surface area contributed by atoms with E-state index in [0.717, 1.165) is 16.3 Å². The first-order chi connectivity index (χ1) is 6.33. The van der Waals surface area contributed by atoms with E-state index in [2.05, 4.69) is 4.98 Å². The monoisotopic (exact) mass is 209 g/mol. The predicted molar refractivity (Wildman–Crippen MR) is 61.3 cm³/mol. The molecular weight excluding hydrogens is 198 g/mol. The quantitative estimate of drug-likeness (QED) is 0.752. The number of aromatic nitrogens is 1. The summed E-state index contributed by atoms with van der Waals surface area (Å²) in [5.41, 5.74) is 12.4. The Kier molecular flexibility index (Phi) is 3.28. The SMILES string of the molecule is Cl.NCc1cccc2c(N)nccc12. The molecule has 0 radical (unpaired) electrons. The van der Waals surface area contributed by atoms with Gasteiger partial charge in [-0.25, -0.2) is 4.98 Å². The molecule has 4 heteroatoms. The second-order valence-electron chi connectivity index (χ2n) is 2.91. The summed E-state index contributed by atoms with van der Waals surface area (Å²) < 4.78 is 0. The van der Waals surface area contributed by atoms with Gasteiger partial charge >= 0.3 is 0 Å². The molecule has 0 saturated carbocycles. The van der Waals surface area contributed by atoms with E-state index in [1.807, 2.05) is 24.3 Å². The van der Waals surface area contributed by atoms with Crippen molar-refractivity contribution >= 4 is 29.0 Å². The lowest BCUT2D eigenvalue weighted by Gasteiger charge is -2.04. The maximum Gasteiger partial charge on any atom is 0.131 e. The normalized spacial score (nSPS) is 9.79. The molecule has 74 valence electrons. The molecule has 0 aliphatic heterocycles. The van der Waals surface area contributed by atoms with Gasteiger partial charge in [-0.05, 0) is 17.0 Å². The molecule has 3 nitrogen and oxygen atoms in total. The van der Waals surface area contributed by atoms with Gasteiger partial charge in [-0.3, -0.25) is 0 Å². The minimum absolute atomic E-state index is 0. The van der Waals surface area contributed by atoms with Crippen molar-refractivity contribution in [3.05, 3.63) is 36.0 Å². The lowest BCUT2D eigenvalue weighted by molar-refractivity contribution is 1.09. The van der Waals surface area contributed by atoms with Crippen molar-refractivity contribution in [3.8, 4) is 0 Å². The standard InChI is InChI=1S/C10H11N3.ClH/c11-6-7-2-1-3-9-8(7)4-5-13-10(9)12;/h1-5H,6,11H2,(H2,12,13);1H. The summed E-state index contributed by atoms with van der Waals surface area (Å²) in [7, 11) is 0. The van der Waals surface area contributed by atoms with Crippen LogP contribution < -0.4 is 11.5 Å². The Morgan fingerprint density at radius 3 is 2.64 bits per heavy atom. The molecule has 1 aromatic carbocycles. The minimum Gasteiger partial charge on any atom is -0.383 e. The Morgan fingerprint density at radius 1 is 1.14 bits per heavy atom. The average molecular weight is 210 g/mol. The van der Waals surface area contributed by atoms with E-state index in [4.69, 9.17) is 11.5 Å². The van der Waals surface area contributed by atoms with E-state index in [1.54, 1.807) is 6.20 Å². The number of nitrogen functional groups attached to an aromatic ring is 1. The molecule has 14 heavy (non-hydrogen) atoms. The summed E-state index contributed by atoms with van der Waals surface area (Å²) in [6.07, 6.45) is 1.71. The first-order valence-electron chi connectivity index (χ1n) is 4.15. The zero-order valence-corrected chi connectivity index (χ0v) is 8.42. The average Bonchev–Trinajstić information content (AvgIpc) is 2.18. The molecule has 4 N–H and O–H groups in total. The van der Waals surface area contributed by atoms with Crippen molar-refractivity contribution < 1.29 is 0 Å². The second-order valence-corrected chi connectivity index (χ2v) is 2.91. The zero-order chi connectivity index (χ0) is 9.26. The molecule has 0 spiro atoms. The molecule has 0 unspecified atom stereocenters. The van der Waals surface area contributed by atoms with Crippen LogP contribution in [0.1, 0.15) is 5.56 Å². The van der Waals surface area contributed by atoms with E-state index in [9.17, 15) is 0 Å². The number of fused-ring (bicyclic) bond motifs is 1. The highest BCUT2D eigenvalue weighted by Crippen LogP contribution is 2.21. The molecule has 0 atom stereocenters. The number of pyridine rings is 1. The first kappa shape index (κ1) is 10.8. The van der Waals surface area contributed by atoms with Crippen LogP contribution in [0.2, 0.25) is 0 Å². The van der Waals surface area contributed by atoms with Gasteiger partial charge < -0.3 is 11.5 Å². The fourth-order valence-corrected chi connectivity index (χ4v) is 1.47. The second kappa shape index (κ2) is 4.26. The van der Waals surface area contributed by atoms with Gasteiger partial charge in [0.25, 0.3) is 0 Å². The summed E-state index contributed by atoms with van der Waals surface area (Å²) in [6.45, 7) is 0.529. The fourth-order valence-electron chi connectivity index (χ4n) is 1.47. The minimum atomic E-state index is 0. The molecule has 0 amide bonds. The zero-order valence-electron chi connectivity index (χ0n) is 7.60. The highest BCUT2D eigenvalue weighted by molar-refractivity contribution is 5.92. The molecule has 0 aliphatic carbocycles. The molecule has 1 heterocycles. The van der Waals surface area contributed by atoms with Gasteiger partial charge in [0.1, 0.15) is 5.82 Å². The number of rotatable bonds is 1. The number of halogens is 1. The van der Waals surface area contributed by atoms with Crippen molar-refractivity contribution in [3.63, 3.8) is 0 Å². The number of benzene rings is 1. The van der Waals surface area contributed by atoms with Crippen molar-refractivity contribution in [1.29, 1.82) is 0 Å². The van der Waals surface area contributed by atoms with Crippen molar-refractivity contribution in [2.24, 2.45) is 5.73 Å². The summed E-state index contributed by atoms with van der Waals surface area (Å²) in [5, 5.41) is 2.07. The van der Waals surface area contributed by atoms with Crippen LogP contribution in [-0.2, 0) is 6.54 Å². The Labute approximate surface area is 88.5 Å². The van der Waals surface area contributed by atoms with Gasteiger partial charge in [-0.2, -0.15) is 0 Å². The number of hydrogen-bond donors (Lipinski definition) is 2. The number of nitrogens with zero attached hydrogens (tertiary/aromatic N) is 1. The summed E-state index contributed by atoms with van der Waals surface area (Å²) in [4.78, 5) is 4.02. The molecule has 0 saturated heterocycles. The molecular formula is C10H12ClN3. The Balaban J connectivity index is 0.000000980. The number of nitrogens with two attached hydrogens (primary N) is 2. The van der Waals surface area contributed by atoms with Gasteiger partial charge in [-0.15, -0.1) is 12.4 Å². The van der Waals surface area contributed by atoms with E-state index in [1.165, 1.54) is 0 Å². The molecule has 2 rings (SSSR count). The Morgan fingerprint density at radius 2 is 1.93 bits per heavy atom. The van der Waals surface area contributed by atoms with Crippen LogP contribution >= 0.6 is 12.4 Å². The van der Waals surface area contributed by atoms with E-state index in [0.29, 0.717) is 12.4 Å². The van der Waals surface area contributed by atoms with Crippen LogP contribution in [0.25, 0.3) is 10.8 Å². The highest BCUT2D eigenvalue weighted by atomic mass is 35.5. The molecule has 1 aromatic heterocycles. The van der Waals surface area contributed by atoms with Gasteiger partial charge in [0, 0.05) is 18.1 Å². The first-order valence-corrected chi connectivity index (χ1v) is 4.15. The van der Waals surface area contributed by atoms with Gasteiger partial charge in [0.15, 0.2) is 0 Å². The smallest absolute Gasteiger partial charge is 0.131 e. The third-order valence-corrected chi connectivity index (χ3v) is 2.15. The maximum absolute atomic E-state index is 5.73. The topological polar surface area (TPSA) is 64.9 Å². The summed E-state index contributed by atoms with van der Waals surface area (Å²) in [6, 6.07) is 7.84. The Bertz CT molecular complexity index is 442. The lowest BCUT2D eigenvalue weighted by atomic mass is 10.1. The van der Waals surface area contributed by atoms with E-state index >= 15 is 0 Å². The van der Waals surface area contributed by atoms with Crippen molar-refractivity contribution in [2.75, 3.05) is 5.73 Å². The van der Waals surface area contributed by atoms with Crippen LogP contribution in [0.3, 0.4) is 0 Å². The third kappa shape index (κ3) is 1.64. The summed E-state index contributed by atoms with van der Waals surface area (Å²) >= 11 is 0. The van der Waals surface area contributed by atoms with E-state index < -0.39 is 0 Å². The van der Waals surface area contributed by atoms with Crippen LogP contribution in [0.15, 0.2) is 30.5 Å². The van der Waals surface area contributed by atoms with Crippen molar-refractivity contribution in [2.45, 2.75) is 6.54 Å². The number of hydrogen-bond acceptors (Lipinski definition) is 3. The van der Waals surface area contributed by atoms with Crippen LogP contribution in [0.5, 0.6) is 0 Å². The molecule has 0 bridgehead atoms. The fraction of sp³-hybridized carbons (Fsp3) is 0.100. The van der Waals surface area contributed by atoms with Gasteiger partial charge in [0.05, 0.1) is 0 Å². The summed E-state index contributed by atoms with van der Waals surface area (Å²) in [5.74, 6) is 0.563. The van der Waals surface area contributed by atoms with E-state index in [-0.39, 0.29) is 12.4 Å². The molecule has 2 aromatic rings. The largest absolute Gasteiger partial charge is 0.383 e.